The summed E-state index contributed by atoms with van der Waals surface area (Å²) in [6.07, 6.45) is 6.70. The van der Waals surface area contributed by atoms with E-state index in [1.165, 1.54) is 0 Å². The zero-order valence-electron chi connectivity index (χ0n) is 11.1. The highest BCUT2D eigenvalue weighted by Crippen LogP contribution is 2.36. The topological polar surface area (TPSA) is 35.5 Å². The maximum Gasteiger partial charge on any atom is 0.187 e. The van der Waals surface area contributed by atoms with E-state index in [9.17, 15) is 4.79 Å². The van der Waals surface area contributed by atoms with Gasteiger partial charge in [0.25, 0.3) is 0 Å². The summed E-state index contributed by atoms with van der Waals surface area (Å²) < 4.78 is 11.2. The molecule has 1 saturated heterocycles. The number of halogens is 1. The quantitative estimate of drug-likeness (QED) is 0.368. The van der Waals surface area contributed by atoms with E-state index in [2.05, 4.69) is 6.58 Å². The predicted octanol–water partition coefficient (Wildman–Crippen LogP) is 3.31. The SMILES string of the molecule is C=CC1(CCC(C=O)(CC)CCCCl)OCCO1. The van der Waals surface area contributed by atoms with Crippen LogP contribution in [0.25, 0.3) is 0 Å². The molecule has 0 aromatic rings. The minimum atomic E-state index is -0.690. The van der Waals surface area contributed by atoms with Gasteiger partial charge in [-0.2, -0.15) is 0 Å². The summed E-state index contributed by atoms with van der Waals surface area (Å²) in [5.41, 5.74) is -0.305. The van der Waals surface area contributed by atoms with Gasteiger partial charge in [-0.3, -0.25) is 0 Å². The van der Waals surface area contributed by atoms with Crippen LogP contribution in [-0.2, 0) is 14.3 Å². The maximum absolute atomic E-state index is 11.4. The Morgan fingerprint density at radius 2 is 2.06 bits per heavy atom. The fourth-order valence-electron chi connectivity index (χ4n) is 2.36. The lowest BCUT2D eigenvalue weighted by atomic mass is 9.77. The van der Waals surface area contributed by atoms with Crippen LogP contribution in [-0.4, -0.2) is 31.2 Å². The Morgan fingerprint density at radius 3 is 2.50 bits per heavy atom. The summed E-state index contributed by atoms with van der Waals surface area (Å²) in [5, 5.41) is 0. The largest absolute Gasteiger partial charge is 0.344 e. The summed E-state index contributed by atoms with van der Waals surface area (Å²) in [4.78, 5) is 11.4. The van der Waals surface area contributed by atoms with Crippen molar-refractivity contribution in [2.45, 2.75) is 44.8 Å². The highest BCUT2D eigenvalue weighted by molar-refractivity contribution is 6.17. The first-order valence-corrected chi connectivity index (χ1v) is 7.13. The van der Waals surface area contributed by atoms with E-state index in [4.69, 9.17) is 21.1 Å². The lowest BCUT2D eigenvalue weighted by molar-refractivity contribution is -0.132. The van der Waals surface area contributed by atoms with E-state index in [0.29, 0.717) is 25.5 Å². The number of ether oxygens (including phenoxy) is 2. The summed E-state index contributed by atoms with van der Waals surface area (Å²) >= 11 is 5.72. The van der Waals surface area contributed by atoms with Gasteiger partial charge in [-0.05, 0) is 31.8 Å². The third-order valence-electron chi connectivity index (χ3n) is 3.82. The highest BCUT2D eigenvalue weighted by atomic mass is 35.5. The molecule has 4 heteroatoms. The van der Waals surface area contributed by atoms with Crippen molar-refractivity contribution in [1.29, 1.82) is 0 Å². The summed E-state index contributed by atoms with van der Waals surface area (Å²) in [6.45, 7) is 6.99. The molecule has 1 atom stereocenters. The molecule has 18 heavy (non-hydrogen) atoms. The van der Waals surface area contributed by atoms with Crippen LogP contribution in [0.2, 0.25) is 0 Å². The number of carbonyl (C=O) groups is 1. The molecule has 1 aliphatic rings. The molecule has 0 aromatic carbocycles. The van der Waals surface area contributed by atoms with Crippen molar-refractivity contribution in [3.63, 3.8) is 0 Å². The molecule has 0 aromatic heterocycles. The van der Waals surface area contributed by atoms with Crippen molar-refractivity contribution in [2.24, 2.45) is 5.41 Å². The third-order valence-corrected chi connectivity index (χ3v) is 4.09. The molecule has 0 amide bonds. The Labute approximate surface area is 114 Å². The number of hydrogen-bond acceptors (Lipinski definition) is 3. The van der Waals surface area contributed by atoms with Crippen LogP contribution in [0.4, 0.5) is 0 Å². The van der Waals surface area contributed by atoms with Gasteiger partial charge in [-0.15, -0.1) is 11.6 Å². The van der Waals surface area contributed by atoms with E-state index < -0.39 is 5.79 Å². The number of rotatable bonds is 9. The van der Waals surface area contributed by atoms with Gasteiger partial charge in [0, 0.05) is 17.7 Å². The Hall–Kier alpha value is -0.380. The second kappa shape index (κ2) is 7.27. The van der Waals surface area contributed by atoms with Crippen LogP contribution in [0.1, 0.15) is 39.0 Å². The van der Waals surface area contributed by atoms with E-state index in [-0.39, 0.29) is 5.41 Å². The number of hydrogen-bond donors (Lipinski definition) is 0. The molecule has 1 fully saturated rings. The summed E-state index contributed by atoms with van der Waals surface area (Å²) in [6, 6.07) is 0. The van der Waals surface area contributed by atoms with Crippen molar-refractivity contribution in [3.05, 3.63) is 12.7 Å². The zero-order chi connectivity index (χ0) is 13.5. The predicted molar refractivity (Wildman–Crippen MR) is 72.8 cm³/mol. The van der Waals surface area contributed by atoms with Crippen LogP contribution in [0.15, 0.2) is 12.7 Å². The fourth-order valence-corrected chi connectivity index (χ4v) is 2.49. The molecule has 0 spiro atoms. The molecule has 1 aliphatic heterocycles. The number of carbonyl (C=O) groups excluding carboxylic acids is 1. The average Bonchev–Trinajstić information content (AvgIpc) is 2.89. The fraction of sp³-hybridized carbons (Fsp3) is 0.786. The van der Waals surface area contributed by atoms with Crippen molar-refractivity contribution in [3.8, 4) is 0 Å². The highest BCUT2D eigenvalue weighted by Gasteiger charge is 2.37. The summed E-state index contributed by atoms with van der Waals surface area (Å²) in [5.74, 6) is -0.0976. The third kappa shape index (κ3) is 3.81. The monoisotopic (exact) mass is 274 g/mol. The van der Waals surface area contributed by atoms with Gasteiger partial charge in [0.2, 0.25) is 0 Å². The molecule has 0 radical (unpaired) electrons. The Kier molecular flexibility index (Phi) is 6.33. The van der Waals surface area contributed by atoms with Crippen molar-refractivity contribution < 1.29 is 14.3 Å². The van der Waals surface area contributed by atoms with Gasteiger partial charge in [0.1, 0.15) is 6.29 Å². The van der Waals surface area contributed by atoms with Gasteiger partial charge in [-0.25, -0.2) is 0 Å². The van der Waals surface area contributed by atoms with Crippen LogP contribution in [0.3, 0.4) is 0 Å². The van der Waals surface area contributed by atoms with Gasteiger partial charge < -0.3 is 14.3 Å². The number of alkyl halides is 1. The van der Waals surface area contributed by atoms with Gasteiger partial charge in [0.15, 0.2) is 5.79 Å². The van der Waals surface area contributed by atoms with E-state index >= 15 is 0 Å². The smallest absolute Gasteiger partial charge is 0.187 e. The first kappa shape index (κ1) is 15.7. The van der Waals surface area contributed by atoms with Gasteiger partial charge in [0.05, 0.1) is 13.2 Å². The van der Waals surface area contributed by atoms with Crippen LogP contribution in [0.5, 0.6) is 0 Å². The first-order valence-electron chi connectivity index (χ1n) is 6.60. The Bertz CT molecular complexity index is 274. The minimum absolute atomic E-state index is 0.305. The standard InChI is InChI=1S/C14H23ClO3/c1-3-13(12-16,6-5-9-15)7-8-14(4-2)17-10-11-18-14/h4,12H,2-3,5-11H2,1H3. The van der Waals surface area contributed by atoms with E-state index in [1.54, 1.807) is 6.08 Å². The van der Waals surface area contributed by atoms with Crippen molar-refractivity contribution in [2.75, 3.05) is 19.1 Å². The van der Waals surface area contributed by atoms with Gasteiger partial charge in [-0.1, -0.05) is 13.5 Å². The van der Waals surface area contributed by atoms with Crippen LogP contribution >= 0.6 is 11.6 Å². The lowest BCUT2D eigenvalue weighted by Gasteiger charge is -2.31. The molecular formula is C14H23ClO3. The molecule has 1 heterocycles. The average molecular weight is 275 g/mol. The molecular weight excluding hydrogens is 252 g/mol. The van der Waals surface area contributed by atoms with Crippen molar-refractivity contribution in [1.82, 2.24) is 0 Å². The summed E-state index contributed by atoms with van der Waals surface area (Å²) in [7, 11) is 0. The Morgan fingerprint density at radius 1 is 1.39 bits per heavy atom. The second-order valence-corrected chi connectivity index (χ2v) is 5.22. The van der Waals surface area contributed by atoms with Crippen molar-refractivity contribution >= 4 is 17.9 Å². The molecule has 3 nitrogen and oxygen atoms in total. The van der Waals surface area contributed by atoms with E-state index in [0.717, 1.165) is 32.0 Å². The van der Waals surface area contributed by atoms with E-state index in [1.807, 2.05) is 6.92 Å². The first-order chi connectivity index (χ1) is 8.66. The lowest BCUT2D eigenvalue weighted by Crippen LogP contribution is -2.31. The number of aldehydes is 1. The zero-order valence-corrected chi connectivity index (χ0v) is 11.9. The maximum atomic E-state index is 11.4. The second-order valence-electron chi connectivity index (χ2n) is 4.84. The van der Waals surface area contributed by atoms with Gasteiger partial charge >= 0.3 is 0 Å². The van der Waals surface area contributed by atoms with Crippen LogP contribution < -0.4 is 0 Å². The molecule has 0 saturated carbocycles. The minimum Gasteiger partial charge on any atom is -0.344 e. The molecule has 0 bridgehead atoms. The molecule has 1 rings (SSSR count). The molecule has 0 aliphatic carbocycles. The normalized spacial score (nSPS) is 21.4. The Balaban J connectivity index is 2.60. The molecule has 104 valence electrons. The molecule has 0 N–H and O–H groups in total. The molecule has 1 unspecified atom stereocenters. The van der Waals surface area contributed by atoms with Crippen LogP contribution in [0, 0.1) is 5.41 Å².